The van der Waals surface area contributed by atoms with Crippen LogP contribution in [0.3, 0.4) is 0 Å². The van der Waals surface area contributed by atoms with Gasteiger partial charge in [-0.3, -0.25) is 14.9 Å². The highest BCUT2D eigenvalue weighted by Crippen LogP contribution is 2.11. The molecule has 0 bridgehead atoms. The summed E-state index contributed by atoms with van der Waals surface area (Å²) < 4.78 is 4.75. The standard InChI is InChI=1S/C13H13NO4/c1-11(15)18-9-4-2-3-6-12-7-5-8-13(10-12)14(16)17/h5,7-8,10H,2,4,9H2,1H3. The van der Waals surface area contributed by atoms with Crippen molar-refractivity contribution in [3.8, 4) is 11.8 Å². The Labute approximate surface area is 105 Å². The molecule has 0 fully saturated rings. The van der Waals surface area contributed by atoms with Crippen LogP contribution in [-0.4, -0.2) is 17.5 Å². The van der Waals surface area contributed by atoms with Crippen LogP contribution in [0, 0.1) is 22.0 Å². The summed E-state index contributed by atoms with van der Waals surface area (Å²) in [5.74, 6) is 5.41. The number of unbranched alkanes of at least 4 members (excludes halogenated alkanes) is 1. The van der Waals surface area contributed by atoms with E-state index in [4.69, 9.17) is 4.74 Å². The van der Waals surface area contributed by atoms with Crippen molar-refractivity contribution >= 4 is 11.7 Å². The second-order valence-electron chi connectivity index (χ2n) is 3.55. The molecule has 0 atom stereocenters. The fraction of sp³-hybridized carbons (Fsp3) is 0.308. The SMILES string of the molecule is CC(=O)OCCCC#Cc1cccc([N+](=O)[O-])c1. The summed E-state index contributed by atoms with van der Waals surface area (Å²) in [4.78, 5) is 20.6. The molecule has 1 rings (SSSR count). The first kappa shape index (κ1) is 13.7. The second kappa shape index (κ2) is 7.07. The number of ether oxygens (including phenoxy) is 1. The lowest BCUT2D eigenvalue weighted by Crippen LogP contribution is -1.99. The predicted molar refractivity (Wildman–Crippen MR) is 65.8 cm³/mol. The first-order chi connectivity index (χ1) is 8.59. The van der Waals surface area contributed by atoms with Crippen LogP contribution < -0.4 is 0 Å². The minimum absolute atomic E-state index is 0.0294. The summed E-state index contributed by atoms with van der Waals surface area (Å²) >= 11 is 0. The minimum Gasteiger partial charge on any atom is -0.466 e. The molecule has 5 nitrogen and oxygen atoms in total. The van der Waals surface area contributed by atoms with Crippen molar-refractivity contribution in [2.45, 2.75) is 19.8 Å². The number of carbonyl (C=O) groups excluding carboxylic acids is 1. The highest BCUT2D eigenvalue weighted by molar-refractivity contribution is 5.65. The maximum atomic E-state index is 10.5. The number of hydrogen-bond acceptors (Lipinski definition) is 4. The number of benzene rings is 1. The molecule has 0 radical (unpaired) electrons. The average Bonchev–Trinajstić information content (AvgIpc) is 2.33. The zero-order valence-corrected chi connectivity index (χ0v) is 10.0. The molecule has 0 unspecified atom stereocenters. The van der Waals surface area contributed by atoms with E-state index in [1.807, 2.05) is 0 Å². The van der Waals surface area contributed by atoms with Crippen LogP contribution >= 0.6 is 0 Å². The molecular weight excluding hydrogens is 234 g/mol. The number of nitro groups is 1. The molecule has 0 aliphatic heterocycles. The molecule has 0 spiro atoms. The fourth-order valence-electron chi connectivity index (χ4n) is 1.24. The van der Waals surface area contributed by atoms with E-state index >= 15 is 0 Å². The van der Waals surface area contributed by atoms with Gasteiger partial charge in [-0.2, -0.15) is 0 Å². The molecule has 94 valence electrons. The zero-order valence-electron chi connectivity index (χ0n) is 10.0. The number of esters is 1. The van der Waals surface area contributed by atoms with Gasteiger partial charge in [0.1, 0.15) is 0 Å². The third-order valence-corrected chi connectivity index (χ3v) is 2.04. The molecule has 1 aromatic rings. The van der Waals surface area contributed by atoms with Crippen molar-refractivity contribution in [1.29, 1.82) is 0 Å². The molecule has 0 amide bonds. The van der Waals surface area contributed by atoms with Crippen LogP contribution in [-0.2, 0) is 9.53 Å². The van der Waals surface area contributed by atoms with Gasteiger partial charge in [0.25, 0.3) is 5.69 Å². The van der Waals surface area contributed by atoms with E-state index < -0.39 is 4.92 Å². The molecule has 0 saturated heterocycles. The lowest BCUT2D eigenvalue weighted by Gasteiger charge is -1.97. The summed E-state index contributed by atoms with van der Waals surface area (Å²) in [5.41, 5.74) is 0.637. The van der Waals surface area contributed by atoms with Gasteiger partial charge < -0.3 is 4.74 Å². The van der Waals surface area contributed by atoms with E-state index in [-0.39, 0.29) is 11.7 Å². The zero-order chi connectivity index (χ0) is 13.4. The Balaban J connectivity index is 2.45. The van der Waals surface area contributed by atoms with Gasteiger partial charge in [0.15, 0.2) is 0 Å². The number of nitrogens with zero attached hydrogens (tertiary/aromatic N) is 1. The molecule has 5 heteroatoms. The number of hydrogen-bond donors (Lipinski definition) is 0. The molecule has 0 aromatic heterocycles. The summed E-state index contributed by atoms with van der Waals surface area (Å²) in [5, 5.41) is 10.5. The third kappa shape index (κ3) is 5.12. The Kier molecular flexibility index (Phi) is 5.39. The van der Waals surface area contributed by atoms with Crippen LogP contribution in [0.1, 0.15) is 25.3 Å². The maximum absolute atomic E-state index is 10.5. The molecular formula is C13H13NO4. The Bertz CT molecular complexity index is 499. The number of nitro benzene ring substituents is 1. The summed E-state index contributed by atoms with van der Waals surface area (Å²) in [7, 11) is 0. The summed E-state index contributed by atoms with van der Waals surface area (Å²) in [6, 6.07) is 6.16. The van der Waals surface area contributed by atoms with E-state index in [1.54, 1.807) is 12.1 Å². The molecule has 0 saturated carbocycles. The third-order valence-electron chi connectivity index (χ3n) is 2.04. The van der Waals surface area contributed by atoms with Gasteiger partial charge in [-0.25, -0.2) is 0 Å². The maximum Gasteiger partial charge on any atom is 0.302 e. The fourth-order valence-corrected chi connectivity index (χ4v) is 1.24. The van der Waals surface area contributed by atoms with E-state index in [0.29, 0.717) is 25.0 Å². The van der Waals surface area contributed by atoms with E-state index in [1.165, 1.54) is 19.1 Å². The number of carbonyl (C=O) groups is 1. The predicted octanol–water partition coefficient (Wildman–Crippen LogP) is 2.29. The lowest BCUT2D eigenvalue weighted by atomic mass is 10.2. The summed E-state index contributed by atoms with van der Waals surface area (Å²) in [6.07, 6.45) is 1.23. The normalized spacial score (nSPS) is 9.17. The Morgan fingerprint density at radius 2 is 2.28 bits per heavy atom. The van der Waals surface area contributed by atoms with E-state index in [0.717, 1.165) is 0 Å². The van der Waals surface area contributed by atoms with Crippen LogP contribution in [0.25, 0.3) is 0 Å². The van der Waals surface area contributed by atoms with Crippen LogP contribution in [0.15, 0.2) is 24.3 Å². The monoisotopic (exact) mass is 247 g/mol. The second-order valence-corrected chi connectivity index (χ2v) is 3.55. The Morgan fingerprint density at radius 1 is 1.50 bits per heavy atom. The largest absolute Gasteiger partial charge is 0.466 e. The molecule has 0 aliphatic rings. The molecule has 0 heterocycles. The van der Waals surface area contributed by atoms with Crippen molar-refractivity contribution < 1.29 is 14.5 Å². The average molecular weight is 247 g/mol. The molecule has 0 N–H and O–H groups in total. The first-order valence-corrected chi connectivity index (χ1v) is 5.46. The number of rotatable bonds is 4. The van der Waals surface area contributed by atoms with Gasteiger partial charge in [-0.15, -0.1) is 0 Å². The van der Waals surface area contributed by atoms with Crippen LogP contribution in [0.4, 0.5) is 5.69 Å². The van der Waals surface area contributed by atoms with Gasteiger partial charge in [-0.1, -0.05) is 17.9 Å². The van der Waals surface area contributed by atoms with Crippen molar-refractivity contribution in [1.82, 2.24) is 0 Å². The molecule has 1 aromatic carbocycles. The smallest absolute Gasteiger partial charge is 0.302 e. The van der Waals surface area contributed by atoms with Gasteiger partial charge in [0.2, 0.25) is 0 Å². The quantitative estimate of drug-likeness (QED) is 0.269. The Hall–Kier alpha value is -2.35. The summed E-state index contributed by atoms with van der Waals surface area (Å²) in [6.45, 7) is 1.70. The lowest BCUT2D eigenvalue weighted by molar-refractivity contribution is -0.384. The van der Waals surface area contributed by atoms with Crippen molar-refractivity contribution in [3.05, 3.63) is 39.9 Å². The minimum atomic E-state index is -0.453. The van der Waals surface area contributed by atoms with Gasteiger partial charge in [0, 0.05) is 31.0 Å². The first-order valence-electron chi connectivity index (χ1n) is 5.46. The van der Waals surface area contributed by atoms with Crippen molar-refractivity contribution in [2.24, 2.45) is 0 Å². The number of non-ortho nitro benzene ring substituents is 1. The van der Waals surface area contributed by atoms with Crippen LogP contribution in [0.5, 0.6) is 0 Å². The molecule has 18 heavy (non-hydrogen) atoms. The molecule has 0 aliphatic carbocycles. The van der Waals surface area contributed by atoms with Crippen molar-refractivity contribution in [2.75, 3.05) is 6.61 Å². The van der Waals surface area contributed by atoms with E-state index in [9.17, 15) is 14.9 Å². The van der Waals surface area contributed by atoms with Gasteiger partial charge >= 0.3 is 5.97 Å². The van der Waals surface area contributed by atoms with E-state index in [2.05, 4.69) is 11.8 Å². The van der Waals surface area contributed by atoms with Gasteiger partial charge in [-0.05, 0) is 12.5 Å². The Morgan fingerprint density at radius 3 is 2.94 bits per heavy atom. The van der Waals surface area contributed by atoms with Crippen molar-refractivity contribution in [3.63, 3.8) is 0 Å². The topological polar surface area (TPSA) is 69.4 Å². The van der Waals surface area contributed by atoms with Gasteiger partial charge in [0.05, 0.1) is 11.5 Å². The highest BCUT2D eigenvalue weighted by atomic mass is 16.6. The van der Waals surface area contributed by atoms with Crippen LogP contribution in [0.2, 0.25) is 0 Å². The highest BCUT2D eigenvalue weighted by Gasteiger charge is 2.03.